The third-order valence-electron chi connectivity index (χ3n) is 4.62. The minimum atomic E-state index is -0.271. The van der Waals surface area contributed by atoms with Crippen LogP contribution in [0.2, 0.25) is 0 Å². The number of esters is 1. The van der Waals surface area contributed by atoms with Crippen molar-refractivity contribution < 1.29 is 9.53 Å². The molecule has 1 unspecified atom stereocenters. The van der Waals surface area contributed by atoms with Crippen LogP contribution in [0.15, 0.2) is 42.5 Å². The average Bonchev–Trinajstić information content (AvgIpc) is 3.02. The summed E-state index contributed by atoms with van der Waals surface area (Å²) < 4.78 is 5.36. The maximum absolute atomic E-state index is 12.0. The molecule has 1 heterocycles. The van der Waals surface area contributed by atoms with E-state index in [2.05, 4.69) is 11.0 Å². The number of fused-ring (bicyclic) bond motifs is 1. The van der Waals surface area contributed by atoms with Gasteiger partial charge in [-0.25, -0.2) is 4.79 Å². The largest absolute Gasteiger partial charge is 0.462 e. The Labute approximate surface area is 154 Å². The summed E-state index contributed by atoms with van der Waals surface area (Å²) in [7, 11) is 0. The van der Waals surface area contributed by atoms with Crippen molar-refractivity contribution in [2.75, 3.05) is 30.3 Å². The number of benzene rings is 2. The molecule has 0 saturated carbocycles. The summed E-state index contributed by atoms with van der Waals surface area (Å²) in [4.78, 5) is 14.2. The van der Waals surface area contributed by atoms with E-state index in [0.717, 1.165) is 43.7 Å². The van der Waals surface area contributed by atoms with Gasteiger partial charge in [-0.1, -0.05) is 24.3 Å². The van der Waals surface area contributed by atoms with E-state index in [-0.39, 0.29) is 12.0 Å². The van der Waals surface area contributed by atoms with Gasteiger partial charge in [0.1, 0.15) is 0 Å². The molecule has 5 nitrogen and oxygen atoms in total. The summed E-state index contributed by atoms with van der Waals surface area (Å²) in [6.45, 7) is 4.19. The second kappa shape index (κ2) is 8.23. The molecular formula is C21H27N3O2. The van der Waals surface area contributed by atoms with E-state index in [1.54, 1.807) is 12.1 Å². The molecule has 2 aromatic rings. The number of carbonyl (C=O) groups excluding carboxylic acids is 1. The van der Waals surface area contributed by atoms with Crippen LogP contribution in [0.1, 0.15) is 34.8 Å². The molecular weight excluding hydrogens is 326 g/mol. The van der Waals surface area contributed by atoms with E-state index in [1.807, 2.05) is 31.2 Å². The van der Waals surface area contributed by atoms with Crippen LogP contribution < -0.4 is 16.4 Å². The smallest absolute Gasteiger partial charge is 0.338 e. The zero-order chi connectivity index (χ0) is 18.5. The van der Waals surface area contributed by atoms with Gasteiger partial charge < -0.3 is 21.1 Å². The summed E-state index contributed by atoms with van der Waals surface area (Å²) in [6.07, 6.45) is 2.61. The highest BCUT2D eigenvalue weighted by Gasteiger charge is 2.22. The van der Waals surface area contributed by atoms with Gasteiger partial charge in [0.25, 0.3) is 0 Å². The molecule has 1 atom stereocenters. The summed E-state index contributed by atoms with van der Waals surface area (Å²) in [6, 6.07) is 13.5. The van der Waals surface area contributed by atoms with Gasteiger partial charge in [0.05, 0.1) is 23.5 Å². The number of hydrogen-bond donors (Lipinski definition) is 2. The molecule has 0 aliphatic carbocycles. The lowest BCUT2D eigenvalue weighted by Gasteiger charge is -2.21. The minimum absolute atomic E-state index is 0.129. The molecule has 1 aliphatic heterocycles. The molecule has 0 radical (unpaired) electrons. The SMILES string of the molecule is CC(N)Cc1cc(N)c2c(c1)CCN2CCCOC(=O)c1ccccc1. The van der Waals surface area contributed by atoms with Gasteiger partial charge in [-0.15, -0.1) is 0 Å². The topological polar surface area (TPSA) is 81.6 Å². The zero-order valence-corrected chi connectivity index (χ0v) is 15.3. The van der Waals surface area contributed by atoms with Gasteiger partial charge >= 0.3 is 5.97 Å². The fourth-order valence-electron chi connectivity index (χ4n) is 3.52. The second-order valence-corrected chi connectivity index (χ2v) is 6.97. The standard InChI is InChI=1S/C21H27N3O2/c1-15(22)12-16-13-18-8-10-24(20(18)19(23)14-16)9-5-11-26-21(25)17-6-3-2-4-7-17/h2-4,6-7,13-15H,5,8-12,22-23H2,1H3. The lowest BCUT2D eigenvalue weighted by molar-refractivity contribution is 0.0502. The van der Waals surface area contributed by atoms with Crippen molar-refractivity contribution in [2.45, 2.75) is 32.2 Å². The Morgan fingerprint density at radius 2 is 2.04 bits per heavy atom. The van der Waals surface area contributed by atoms with Crippen LogP contribution in [0, 0.1) is 0 Å². The Morgan fingerprint density at radius 1 is 1.27 bits per heavy atom. The van der Waals surface area contributed by atoms with Crippen LogP contribution in [0.5, 0.6) is 0 Å². The van der Waals surface area contributed by atoms with Crippen LogP contribution in [-0.2, 0) is 17.6 Å². The number of rotatable bonds is 7. The fraction of sp³-hybridized carbons (Fsp3) is 0.381. The Hall–Kier alpha value is -2.53. The summed E-state index contributed by atoms with van der Waals surface area (Å²) in [5, 5.41) is 0. The van der Waals surface area contributed by atoms with Crippen molar-refractivity contribution in [1.82, 2.24) is 0 Å². The molecule has 138 valence electrons. The molecule has 1 aliphatic rings. The maximum atomic E-state index is 12.0. The van der Waals surface area contributed by atoms with E-state index >= 15 is 0 Å². The average molecular weight is 353 g/mol. The molecule has 2 aromatic carbocycles. The lowest BCUT2D eigenvalue weighted by Crippen LogP contribution is -2.24. The monoisotopic (exact) mass is 353 g/mol. The minimum Gasteiger partial charge on any atom is -0.462 e. The third kappa shape index (κ3) is 4.35. The number of hydrogen-bond acceptors (Lipinski definition) is 5. The van der Waals surface area contributed by atoms with Crippen LogP contribution in [0.3, 0.4) is 0 Å². The van der Waals surface area contributed by atoms with Gasteiger partial charge in [-0.2, -0.15) is 0 Å². The molecule has 4 N–H and O–H groups in total. The van der Waals surface area contributed by atoms with Crippen molar-refractivity contribution in [3.63, 3.8) is 0 Å². The van der Waals surface area contributed by atoms with Crippen LogP contribution in [-0.4, -0.2) is 31.7 Å². The van der Waals surface area contributed by atoms with Crippen LogP contribution >= 0.6 is 0 Å². The summed E-state index contributed by atoms with van der Waals surface area (Å²) >= 11 is 0. The highest BCUT2D eigenvalue weighted by atomic mass is 16.5. The molecule has 0 spiro atoms. The number of carbonyl (C=O) groups is 1. The first-order valence-corrected chi connectivity index (χ1v) is 9.18. The van der Waals surface area contributed by atoms with Crippen molar-refractivity contribution >= 4 is 17.3 Å². The Balaban J connectivity index is 1.53. The normalized spacial score (nSPS) is 14.2. The van der Waals surface area contributed by atoms with Crippen molar-refractivity contribution in [3.05, 3.63) is 59.2 Å². The van der Waals surface area contributed by atoms with Gasteiger partial charge in [-0.3, -0.25) is 0 Å². The number of ether oxygens (including phenoxy) is 1. The number of anilines is 2. The Kier molecular flexibility index (Phi) is 5.78. The predicted octanol–water partition coefficient (Wildman–Crippen LogP) is 2.77. The molecule has 0 amide bonds. The van der Waals surface area contributed by atoms with E-state index in [1.165, 1.54) is 11.1 Å². The number of nitrogens with zero attached hydrogens (tertiary/aromatic N) is 1. The first-order valence-electron chi connectivity index (χ1n) is 9.18. The number of nitrogen functional groups attached to an aromatic ring is 1. The van der Waals surface area contributed by atoms with Gasteiger partial charge in [0.15, 0.2) is 0 Å². The predicted molar refractivity (Wildman–Crippen MR) is 105 cm³/mol. The second-order valence-electron chi connectivity index (χ2n) is 6.97. The highest BCUT2D eigenvalue weighted by molar-refractivity contribution is 5.89. The van der Waals surface area contributed by atoms with Crippen LogP contribution in [0.25, 0.3) is 0 Å². The van der Waals surface area contributed by atoms with Gasteiger partial charge in [0, 0.05) is 19.1 Å². The van der Waals surface area contributed by atoms with E-state index in [0.29, 0.717) is 12.2 Å². The molecule has 26 heavy (non-hydrogen) atoms. The zero-order valence-electron chi connectivity index (χ0n) is 15.3. The molecule has 5 heteroatoms. The first-order chi connectivity index (χ1) is 12.5. The van der Waals surface area contributed by atoms with E-state index < -0.39 is 0 Å². The number of nitrogens with two attached hydrogens (primary N) is 2. The molecule has 0 fully saturated rings. The molecule has 0 bridgehead atoms. The van der Waals surface area contributed by atoms with Gasteiger partial charge in [0.2, 0.25) is 0 Å². The maximum Gasteiger partial charge on any atom is 0.338 e. The highest BCUT2D eigenvalue weighted by Crippen LogP contribution is 2.35. The third-order valence-corrected chi connectivity index (χ3v) is 4.62. The summed E-state index contributed by atoms with van der Waals surface area (Å²) in [5.74, 6) is -0.271. The first kappa shape index (κ1) is 18.3. The van der Waals surface area contributed by atoms with Crippen molar-refractivity contribution in [1.29, 1.82) is 0 Å². The Morgan fingerprint density at radius 3 is 2.77 bits per heavy atom. The van der Waals surface area contributed by atoms with Crippen molar-refractivity contribution in [2.24, 2.45) is 5.73 Å². The fourth-order valence-corrected chi connectivity index (χ4v) is 3.52. The lowest BCUT2D eigenvalue weighted by atomic mass is 10.0. The quantitative estimate of drug-likeness (QED) is 0.454. The van der Waals surface area contributed by atoms with Gasteiger partial charge in [-0.05, 0) is 55.5 Å². The Bertz CT molecular complexity index is 759. The van der Waals surface area contributed by atoms with Crippen LogP contribution in [0.4, 0.5) is 11.4 Å². The summed E-state index contributed by atoms with van der Waals surface area (Å²) in [5.41, 5.74) is 17.2. The molecule has 0 saturated heterocycles. The van der Waals surface area contributed by atoms with E-state index in [4.69, 9.17) is 16.2 Å². The molecule has 0 aromatic heterocycles. The van der Waals surface area contributed by atoms with E-state index in [9.17, 15) is 4.79 Å². The molecule has 3 rings (SSSR count). The van der Waals surface area contributed by atoms with Crippen molar-refractivity contribution in [3.8, 4) is 0 Å².